The topological polar surface area (TPSA) is 107 Å². The molecule has 3 rings (SSSR count). The summed E-state index contributed by atoms with van der Waals surface area (Å²) < 4.78 is 22.3. The van der Waals surface area contributed by atoms with Crippen LogP contribution in [0, 0.1) is 29.6 Å². The van der Waals surface area contributed by atoms with Gasteiger partial charge >= 0.3 is 0 Å². The number of hydroxylamine groups is 1. The Kier molecular flexibility index (Phi) is 7.01. The van der Waals surface area contributed by atoms with Gasteiger partial charge in [-0.05, 0) is 56.6 Å². The Hall–Kier alpha value is -2.37. The van der Waals surface area contributed by atoms with E-state index in [0.717, 1.165) is 29.8 Å². The summed E-state index contributed by atoms with van der Waals surface area (Å²) in [7, 11) is -3.81. The number of carbonyl (C=O) groups excluding carboxylic acids is 2. The minimum Gasteiger partial charge on any atom is -0.333 e. The van der Waals surface area contributed by atoms with Crippen molar-refractivity contribution >= 4 is 33.0 Å². The van der Waals surface area contributed by atoms with Gasteiger partial charge in [0.2, 0.25) is 0 Å². The minimum absolute atomic E-state index is 0.0680. The van der Waals surface area contributed by atoms with Crippen LogP contribution in [0.15, 0.2) is 6.07 Å². The summed E-state index contributed by atoms with van der Waals surface area (Å²) >= 11 is 1.29. The number of likely N-dealkylation sites (tertiary alicyclic amines) is 1. The fourth-order valence-electron chi connectivity index (χ4n) is 3.58. The van der Waals surface area contributed by atoms with Crippen LogP contribution in [-0.2, 0) is 21.2 Å². The van der Waals surface area contributed by atoms with Gasteiger partial charge in [0.05, 0.1) is 9.75 Å². The molecular weight excluding hydrogens is 450 g/mol. The van der Waals surface area contributed by atoms with Crippen LogP contribution in [0.25, 0.3) is 0 Å². The monoisotopic (exact) mass is 477 g/mol. The van der Waals surface area contributed by atoms with Gasteiger partial charge in [-0.25, -0.2) is 13.9 Å². The largest absolute Gasteiger partial charge is 0.333 e. The van der Waals surface area contributed by atoms with Crippen molar-refractivity contribution in [2.45, 2.75) is 44.5 Å². The first kappa shape index (κ1) is 24.3. The molecule has 2 aliphatic rings. The number of amides is 2. The molecule has 32 heavy (non-hydrogen) atoms. The number of nitrogens with zero attached hydrogens (tertiary/aromatic N) is 2. The molecule has 2 N–H and O–H groups in total. The van der Waals surface area contributed by atoms with Crippen molar-refractivity contribution < 1.29 is 23.2 Å². The van der Waals surface area contributed by atoms with E-state index in [4.69, 9.17) is 5.21 Å². The molecule has 10 heteroatoms. The standard InChI is InChI=1S/C22H27N3O5S2/c1-15(2)25-12-16(13-25)7-5-6-8-18-11-17-14-24(20(26)19(17)31-18)10-9-22(3,21(27)23-28)32(4,29)30/h11,15-16,28H,9-10,12-14H2,1-4H3,(H,23,27). The van der Waals surface area contributed by atoms with Crippen molar-refractivity contribution in [3.8, 4) is 23.7 Å². The van der Waals surface area contributed by atoms with E-state index in [2.05, 4.69) is 42.4 Å². The smallest absolute Gasteiger partial charge is 0.264 e. The fourth-order valence-corrected chi connectivity index (χ4v) is 5.42. The van der Waals surface area contributed by atoms with Gasteiger partial charge in [0.25, 0.3) is 11.8 Å². The highest BCUT2D eigenvalue weighted by Gasteiger charge is 2.44. The molecule has 0 spiro atoms. The fraction of sp³-hybridized carbons (Fsp3) is 0.545. The Morgan fingerprint density at radius 2 is 2.06 bits per heavy atom. The second kappa shape index (κ2) is 9.24. The summed E-state index contributed by atoms with van der Waals surface area (Å²) in [5.74, 6) is 11.1. The molecule has 0 bridgehead atoms. The molecule has 1 atom stereocenters. The van der Waals surface area contributed by atoms with Gasteiger partial charge in [0.15, 0.2) is 14.6 Å². The Morgan fingerprint density at radius 3 is 2.62 bits per heavy atom. The number of thiophene rings is 1. The van der Waals surface area contributed by atoms with E-state index in [1.807, 2.05) is 6.07 Å². The molecule has 1 fully saturated rings. The summed E-state index contributed by atoms with van der Waals surface area (Å²) in [6.07, 6.45) is 0.806. The Labute approximate surface area is 192 Å². The summed E-state index contributed by atoms with van der Waals surface area (Å²) in [6, 6.07) is 2.39. The van der Waals surface area contributed by atoms with Crippen LogP contribution < -0.4 is 5.48 Å². The van der Waals surface area contributed by atoms with Crippen LogP contribution in [0.2, 0.25) is 0 Å². The third-order valence-corrected chi connectivity index (χ3v) is 9.18. The number of nitrogens with one attached hydrogen (secondary N) is 1. The number of rotatable bonds is 6. The third-order valence-electron chi connectivity index (χ3n) is 6.08. The highest BCUT2D eigenvalue weighted by molar-refractivity contribution is 7.92. The summed E-state index contributed by atoms with van der Waals surface area (Å²) in [5, 5.41) is 8.92. The molecule has 3 heterocycles. The van der Waals surface area contributed by atoms with Gasteiger partial charge in [0, 0.05) is 44.4 Å². The second-order valence-electron chi connectivity index (χ2n) is 8.65. The van der Waals surface area contributed by atoms with Crippen molar-refractivity contribution in [2.24, 2.45) is 5.92 Å². The van der Waals surface area contributed by atoms with E-state index in [1.54, 1.807) is 0 Å². The average molecular weight is 478 g/mol. The number of hydrogen-bond donors (Lipinski definition) is 2. The van der Waals surface area contributed by atoms with E-state index >= 15 is 0 Å². The molecule has 0 aliphatic carbocycles. The molecule has 1 aromatic heterocycles. The van der Waals surface area contributed by atoms with Crippen molar-refractivity contribution in [3.63, 3.8) is 0 Å². The van der Waals surface area contributed by atoms with Gasteiger partial charge in [0.1, 0.15) is 0 Å². The van der Waals surface area contributed by atoms with E-state index < -0.39 is 20.5 Å². The van der Waals surface area contributed by atoms with E-state index in [9.17, 15) is 18.0 Å². The zero-order valence-electron chi connectivity index (χ0n) is 18.6. The maximum atomic E-state index is 12.7. The van der Waals surface area contributed by atoms with E-state index in [0.29, 0.717) is 23.4 Å². The van der Waals surface area contributed by atoms with Gasteiger partial charge in [-0.1, -0.05) is 5.92 Å². The predicted octanol–water partition coefficient (Wildman–Crippen LogP) is 1.10. The second-order valence-corrected chi connectivity index (χ2v) is 12.1. The summed E-state index contributed by atoms with van der Waals surface area (Å²) in [4.78, 5) is 29.9. The third kappa shape index (κ3) is 4.84. The van der Waals surface area contributed by atoms with Gasteiger partial charge in [-0.3, -0.25) is 19.7 Å². The lowest BCUT2D eigenvalue weighted by atomic mass is 9.99. The Morgan fingerprint density at radius 1 is 1.38 bits per heavy atom. The highest BCUT2D eigenvalue weighted by Crippen LogP contribution is 2.32. The minimum atomic E-state index is -3.81. The van der Waals surface area contributed by atoms with Crippen LogP contribution in [0.3, 0.4) is 0 Å². The number of sulfone groups is 1. The molecule has 172 valence electrons. The van der Waals surface area contributed by atoms with Crippen LogP contribution in [0.1, 0.15) is 47.3 Å². The molecular formula is C22H27N3O5S2. The Balaban J connectivity index is 1.60. The van der Waals surface area contributed by atoms with Crippen LogP contribution >= 0.6 is 11.3 Å². The average Bonchev–Trinajstić information content (AvgIpc) is 3.21. The first-order valence-corrected chi connectivity index (χ1v) is 13.0. The van der Waals surface area contributed by atoms with Crippen LogP contribution in [-0.4, -0.2) is 71.9 Å². The van der Waals surface area contributed by atoms with E-state index in [1.165, 1.54) is 28.6 Å². The predicted molar refractivity (Wildman–Crippen MR) is 122 cm³/mol. The van der Waals surface area contributed by atoms with Crippen molar-refractivity contribution in [1.29, 1.82) is 0 Å². The maximum absolute atomic E-state index is 12.7. The van der Waals surface area contributed by atoms with E-state index in [-0.39, 0.29) is 18.9 Å². The normalized spacial score (nSPS) is 18.2. The highest BCUT2D eigenvalue weighted by atomic mass is 32.2. The molecule has 0 radical (unpaired) electrons. The Bertz CT molecular complexity index is 1140. The molecule has 2 amide bonds. The number of carbonyl (C=O) groups is 2. The van der Waals surface area contributed by atoms with Crippen molar-refractivity contribution in [1.82, 2.24) is 15.3 Å². The van der Waals surface area contributed by atoms with Gasteiger partial charge in [-0.15, -0.1) is 11.3 Å². The first-order chi connectivity index (χ1) is 15.0. The molecule has 1 aromatic rings. The van der Waals surface area contributed by atoms with Crippen molar-refractivity contribution in [3.05, 3.63) is 21.4 Å². The molecule has 0 saturated carbocycles. The molecule has 0 aromatic carbocycles. The lowest BCUT2D eigenvalue weighted by molar-refractivity contribution is -0.131. The van der Waals surface area contributed by atoms with Gasteiger partial charge < -0.3 is 4.90 Å². The molecule has 1 unspecified atom stereocenters. The number of hydrogen-bond acceptors (Lipinski definition) is 7. The molecule has 1 saturated heterocycles. The summed E-state index contributed by atoms with van der Waals surface area (Å²) in [6.45, 7) is 7.91. The summed E-state index contributed by atoms with van der Waals surface area (Å²) in [5.41, 5.74) is 2.25. The number of fused-ring (bicyclic) bond motifs is 1. The lowest BCUT2D eigenvalue weighted by Gasteiger charge is -2.39. The van der Waals surface area contributed by atoms with Crippen molar-refractivity contribution in [2.75, 3.05) is 25.9 Å². The first-order valence-electron chi connectivity index (χ1n) is 10.3. The van der Waals surface area contributed by atoms with Crippen LogP contribution in [0.4, 0.5) is 0 Å². The quantitative estimate of drug-likeness (QED) is 0.361. The lowest BCUT2D eigenvalue weighted by Crippen LogP contribution is -2.50. The molecule has 8 nitrogen and oxygen atoms in total. The zero-order chi connectivity index (χ0) is 23.7. The zero-order valence-corrected chi connectivity index (χ0v) is 20.2. The SMILES string of the molecule is CC(C)N1CC(C#CC#Cc2cc3c(s2)C(=O)N(CCC(C)(C(=O)NO)S(C)(=O)=O)C3)C1. The maximum Gasteiger partial charge on any atom is 0.264 e. The molecule has 2 aliphatic heterocycles. The van der Waals surface area contributed by atoms with Gasteiger partial charge in [-0.2, -0.15) is 0 Å². The van der Waals surface area contributed by atoms with Crippen LogP contribution in [0.5, 0.6) is 0 Å².